The van der Waals surface area contributed by atoms with Crippen molar-refractivity contribution < 1.29 is 4.74 Å². The molecule has 2 rings (SSSR count). The molecule has 5 nitrogen and oxygen atoms in total. The Labute approximate surface area is 109 Å². The van der Waals surface area contributed by atoms with E-state index in [0.29, 0.717) is 30.1 Å². The molecule has 18 heavy (non-hydrogen) atoms. The third-order valence-corrected chi connectivity index (χ3v) is 4.36. The van der Waals surface area contributed by atoms with E-state index in [9.17, 15) is 0 Å². The zero-order chi connectivity index (χ0) is 13.3. The van der Waals surface area contributed by atoms with Gasteiger partial charge in [0.15, 0.2) is 0 Å². The van der Waals surface area contributed by atoms with Crippen molar-refractivity contribution in [1.29, 1.82) is 0 Å². The SMILES string of the molecule is CNC(Cc1ncnn1C)C1C(C)OC(C)C1C. The second kappa shape index (κ2) is 5.36. The third-order valence-electron chi connectivity index (χ3n) is 4.36. The number of aromatic nitrogens is 3. The van der Waals surface area contributed by atoms with E-state index in [1.165, 1.54) is 0 Å². The molecule has 1 N–H and O–H groups in total. The maximum absolute atomic E-state index is 5.94. The minimum absolute atomic E-state index is 0.292. The Morgan fingerprint density at radius 2 is 2.11 bits per heavy atom. The molecule has 1 saturated heterocycles. The van der Waals surface area contributed by atoms with Gasteiger partial charge in [0.25, 0.3) is 0 Å². The molecule has 2 heterocycles. The molecule has 1 aliphatic heterocycles. The molecule has 0 radical (unpaired) electrons. The van der Waals surface area contributed by atoms with Crippen LogP contribution in [0, 0.1) is 11.8 Å². The molecule has 0 spiro atoms. The predicted molar refractivity (Wildman–Crippen MR) is 70.2 cm³/mol. The molecule has 102 valence electrons. The van der Waals surface area contributed by atoms with E-state index in [2.05, 4.69) is 36.2 Å². The maximum Gasteiger partial charge on any atom is 0.138 e. The summed E-state index contributed by atoms with van der Waals surface area (Å²) in [5, 5.41) is 7.56. The molecular weight excluding hydrogens is 228 g/mol. The van der Waals surface area contributed by atoms with Crippen LogP contribution in [0.15, 0.2) is 6.33 Å². The molecule has 0 bridgehead atoms. The summed E-state index contributed by atoms with van der Waals surface area (Å²) in [6.07, 6.45) is 3.13. The van der Waals surface area contributed by atoms with E-state index in [4.69, 9.17) is 4.74 Å². The first-order chi connectivity index (χ1) is 8.54. The first-order valence-corrected chi connectivity index (χ1v) is 6.70. The quantitative estimate of drug-likeness (QED) is 0.869. The van der Waals surface area contributed by atoms with E-state index in [1.54, 1.807) is 6.33 Å². The normalized spacial score (nSPS) is 33.8. The van der Waals surface area contributed by atoms with Crippen molar-refractivity contribution in [2.24, 2.45) is 18.9 Å². The van der Waals surface area contributed by atoms with Gasteiger partial charge in [-0.2, -0.15) is 5.10 Å². The van der Waals surface area contributed by atoms with E-state index >= 15 is 0 Å². The largest absolute Gasteiger partial charge is 0.375 e. The second-order valence-electron chi connectivity index (χ2n) is 5.38. The van der Waals surface area contributed by atoms with Crippen molar-refractivity contribution >= 4 is 0 Å². The number of hydrogen-bond donors (Lipinski definition) is 1. The predicted octanol–water partition coefficient (Wildman–Crippen LogP) is 1.01. The van der Waals surface area contributed by atoms with Crippen molar-refractivity contribution in [3.63, 3.8) is 0 Å². The molecule has 0 amide bonds. The van der Waals surface area contributed by atoms with Crippen molar-refractivity contribution in [3.8, 4) is 0 Å². The number of aryl methyl sites for hydroxylation is 1. The lowest BCUT2D eigenvalue weighted by Crippen LogP contribution is -2.42. The molecule has 5 unspecified atom stereocenters. The summed E-state index contributed by atoms with van der Waals surface area (Å²) < 4.78 is 7.78. The molecule has 0 saturated carbocycles. The van der Waals surface area contributed by atoms with Gasteiger partial charge in [-0.15, -0.1) is 0 Å². The van der Waals surface area contributed by atoms with Gasteiger partial charge >= 0.3 is 0 Å². The van der Waals surface area contributed by atoms with Crippen molar-refractivity contribution in [3.05, 3.63) is 12.2 Å². The molecule has 1 aromatic heterocycles. The van der Waals surface area contributed by atoms with Gasteiger partial charge in [0, 0.05) is 25.4 Å². The van der Waals surface area contributed by atoms with Gasteiger partial charge in [-0.1, -0.05) is 6.92 Å². The van der Waals surface area contributed by atoms with Crippen LogP contribution in [0.1, 0.15) is 26.6 Å². The molecule has 5 heteroatoms. The van der Waals surface area contributed by atoms with Crippen LogP contribution in [-0.2, 0) is 18.2 Å². The maximum atomic E-state index is 5.94. The fraction of sp³-hybridized carbons (Fsp3) is 0.846. The van der Waals surface area contributed by atoms with Gasteiger partial charge in [0.05, 0.1) is 12.2 Å². The van der Waals surface area contributed by atoms with Gasteiger partial charge in [-0.25, -0.2) is 4.98 Å². The fourth-order valence-electron chi connectivity index (χ4n) is 3.12. The van der Waals surface area contributed by atoms with E-state index in [0.717, 1.165) is 12.2 Å². The summed E-state index contributed by atoms with van der Waals surface area (Å²) in [5.74, 6) is 2.10. The molecular formula is C13H24N4O. The fourth-order valence-corrected chi connectivity index (χ4v) is 3.12. The average Bonchev–Trinajstić information content (AvgIpc) is 2.83. The van der Waals surface area contributed by atoms with Crippen LogP contribution in [-0.4, -0.2) is 40.1 Å². The minimum atomic E-state index is 0.292. The van der Waals surface area contributed by atoms with Crippen LogP contribution in [0.25, 0.3) is 0 Å². The summed E-state index contributed by atoms with van der Waals surface area (Å²) in [7, 11) is 3.96. The Morgan fingerprint density at radius 3 is 2.56 bits per heavy atom. The zero-order valence-electron chi connectivity index (χ0n) is 11.9. The summed E-state index contributed by atoms with van der Waals surface area (Å²) in [6, 6.07) is 0.378. The number of nitrogens with zero attached hydrogens (tertiary/aromatic N) is 3. The lowest BCUT2D eigenvalue weighted by Gasteiger charge is -2.28. The standard InChI is InChI=1S/C13H24N4O/c1-8-9(2)18-10(3)13(8)11(14-4)6-12-15-7-16-17(12)5/h7-11,13-14H,6H2,1-5H3. The summed E-state index contributed by atoms with van der Waals surface area (Å²) in [6.45, 7) is 6.61. The van der Waals surface area contributed by atoms with Crippen LogP contribution in [0.2, 0.25) is 0 Å². The van der Waals surface area contributed by atoms with E-state index in [1.807, 2.05) is 18.8 Å². The van der Waals surface area contributed by atoms with Crippen LogP contribution in [0.3, 0.4) is 0 Å². The summed E-state index contributed by atoms with van der Waals surface area (Å²) in [4.78, 5) is 4.32. The Hall–Kier alpha value is -0.940. The van der Waals surface area contributed by atoms with Crippen LogP contribution >= 0.6 is 0 Å². The zero-order valence-corrected chi connectivity index (χ0v) is 11.9. The number of likely N-dealkylation sites (N-methyl/N-ethyl adjacent to an activating group) is 1. The summed E-state index contributed by atoms with van der Waals surface area (Å²) >= 11 is 0. The highest BCUT2D eigenvalue weighted by Gasteiger charge is 2.41. The molecule has 0 aliphatic carbocycles. The number of rotatable bonds is 4. The number of nitrogens with one attached hydrogen (secondary N) is 1. The Bertz CT molecular complexity index is 392. The van der Waals surface area contributed by atoms with Crippen molar-refractivity contribution in [2.45, 2.75) is 45.4 Å². The molecule has 1 fully saturated rings. The Balaban J connectivity index is 2.11. The third kappa shape index (κ3) is 2.42. The first-order valence-electron chi connectivity index (χ1n) is 6.70. The smallest absolute Gasteiger partial charge is 0.138 e. The highest BCUT2D eigenvalue weighted by Crippen LogP contribution is 2.35. The van der Waals surface area contributed by atoms with Crippen molar-refractivity contribution in [1.82, 2.24) is 20.1 Å². The van der Waals surface area contributed by atoms with Crippen LogP contribution in [0.5, 0.6) is 0 Å². The topological polar surface area (TPSA) is 52.0 Å². The van der Waals surface area contributed by atoms with E-state index in [-0.39, 0.29) is 0 Å². The van der Waals surface area contributed by atoms with Gasteiger partial charge in [-0.3, -0.25) is 4.68 Å². The van der Waals surface area contributed by atoms with Crippen LogP contribution < -0.4 is 5.32 Å². The molecule has 5 atom stereocenters. The minimum Gasteiger partial charge on any atom is -0.375 e. The van der Waals surface area contributed by atoms with E-state index < -0.39 is 0 Å². The van der Waals surface area contributed by atoms with Gasteiger partial charge in [0.2, 0.25) is 0 Å². The van der Waals surface area contributed by atoms with Gasteiger partial charge in [0.1, 0.15) is 12.2 Å². The van der Waals surface area contributed by atoms with Gasteiger partial charge in [-0.05, 0) is 26.8 Å². The highest BCUT2D eigenvalue weighted by molar-refractivity contribution is 4.97. The monoisotopic (exact) mass is 252 g/mol. The molecule has 1 aromatic rings. The second-order valence-corrected chi connectivity index (χ2v) is 5.38. The van der Waals surface area contributed by atoms with Crippen LogP contribution in [0.4, 0.5) is 0 Å². The average molecular weight is 252 g/mol. The molecule has 0 aromatic carbocycles. The summed E-state index contributed by atoms with van der Waals surface area (Å²) in [5.41, 5.74) is 0. The molecule has 1 aliphatic rings. The Kier molecular flexibility index (Phi) is 4.02. The first kappa shape index (κ1) is 13.5. The number of ether oxygens (including phenoxy) is 1. The Morgan fingerprint density at radius 1 is 1.39 bits per heavy atom. The highest BCUT2D eigenvalue weighted by atomic mass is 16.5. The van der Waals surface area contributed by atoms with Gasteiger partial charge < -0.3 is 10.1 Å². The number of hydrogen-bond acceptors (Lipinski definition) is 4. The lowest BCUT2D eigenvalue weighted by atomic mass is 9.82. The lowest BCUT2D eigenvalue weighted by molar-refractivity contribution is 0.0478. The van der Waals surface area contributed by atoms with Crippen molar-refractivity contribution in [2.75, 3.05) is 7.05 Å².